The molecule has 24 heavy (non-hydrogen) atoms. The van der Waals surface area contributed by atoms with Gasteiger partial charge < -0.3 is 19.1 Å². The average molecular weight is 334 g/mol. The Balaban J connectivity index is 1.85. The van der Waals surface area contributed by atoms with Gasteiger partial charge in [0, 0.05) is 37.5 Å². The van der Waals surface area contributed by atoms with Crippen LogP contribution in [0.1, 0.15) is 31.7 Å². The molecule has 0 amide bonds. The number of methoxy groups -OCH3 is 1. The van der Waals surface area contributed by atoms with E-state index in [2.05, 4.69) is 28.0 Å². The maximum Gasteiger partial charge on any atom is 0.241 e. The molecule has 132 valence electrons. The Morgan fingerprint density at radius 1 is 1.38 bits per heavy atom. The van der Waals surface area contributed by atoms with E-state index in [0.717, 1.165) is 55.6 Å². The van der Waals surface area contributed by atoms with E-state index in [1.54, 1.807) is 7.11 Å². The summed E-state index contributed by atoms with van der Waals surface area (Å²) in [5.74, 6) is 0.563. The van der Waals surface area contributed by atoms with E-state index < -0.39 is 0 Å². The van der Waals surface area contributed by atoms with E-state index in [1.807, 2.05) is 4.57 Å². The highest BCUT2D eigenvalue weighted by molar-refractivity contribution is 5.83. The van der Waals surface area contributed by atoms with Gasteiger partial charge in [-0.3, -0.25) is 4.90 Å². The first kappa shape index (κ1) is 17.1. The number of unbranched alkanes of at least 4 members (excludes halogenated alkanes) is 1. The summed E-state index contributed by atoms with van der Waals surface area (Å²) in [5, 5.41) is 9.39. The normalized spacial score (nSPS) is 18.0. The van der Waals surface area contributed by atoms with Gasteiger partial charge in [0.25, 0.3) is 0 Å². The van der Waals surface area contributed by atoms with E-state index in [4.69, 9.17) is 9.47 Å². The van der Waals surface area contributed by atoms with Crippen LogP contribution < -0.4 is 4.74 Å². The van der Waals surface area contributed by atoms with Gasteiger partial charge in [-0.2, -0.15) is 4.98 Å². The fraction of sp³-hybridized carbons (Fsp3) is 0.647. The second-order valence-electron chi connectivity index (χ2n) is 6.19. The number of likely N-dealkylation sites (tertiary alicyclic amines) is 1. The number of aromatic nitrogens is 3. The van der Waals surface area contributed by atoms with E-state index in [-0.39, 0.29) is 12.6 Å². The van der Waals surface area contributed by atoms with Crippen molar-refractivity contribution in [1.82, 2.24) is 19.4 Å². The fourth-order valence-electron chi connectivity index (χ4n) is 3.07. The number of hydrogen-bond acceptors (Lipinski definition) is 6. The van der Waals surface area contributed by atoms with E-state index >= 15 is 0 Å². The minimum absolute atomic E-state index is 0.205. The molecule has 0 saturated carbocycles. The topological polar surface area (TPSA) is 72.6 Å². The van der Waals surface area contributed by atoms with E-state index in [9.17, 15) is 5.11 Å². The predicted octanol–water partition coefficient (Wildman–Crippen LogP) is 1.78. The molecule has 7 heteroatoms. The Labute approximate surface area is 142 Å². The predicted molar refractivity (Wildman–Crippen MR) is 90.8 cm³/mol. The average Bonchev–Trinajstić information content (AvgIpc) is 2.94. The number of fused-ring (bicyclic) bond motifs is 1. The van der Waals surface area contributed by atoms with Crippen LogP contribution in [0.15, 0.2) is 12.5 Å². The van der Waals surface area contributed by atoms with Crippen molar-refractivity contribution >= 4 is 11.0 Å². The van der Waals surface area contributed by atoms with Crippen molar-refractivity contribution in [3.63, 3.8) is 0 Å². The summed E-state index contributed by atoms with van der Waals surface area (Å²) in [5.41, 5.74) is 2.88. The largest absolute Gasteiger partial charge is 0.479 e. The molecule has 1 N–H and O–H groups in total. The van der Waals surface area contributed by atoms with Gasteiger partial charge in [-0.15, -0.1) is 0 Å². The van der Waals surface area contributed by atoms with Crippen LogP contribution in [0.4, 0.5) is 0 Å². The number of rotatable bonds is 9. The monoisotopic (exact) mass is 334 g/mol. The molecule has 0 spiro atoms. The van der Waals surface area contributed by atoms with Crippen molar-refractivity contribution in [3.05, 3.63) is 18.1 Å². The smallest absolute Gasteiger partial charge is 0.241 e. The Morgan fingerprint density at radius 2 is 2.25 bits per heavy atom. The molecule has 1 fully saturated rings. The van der Waals surface area contributed by atoms with Gasteiger partial charge in [-0.05, 0) is 12.8 Å². The maximum absolute atomic E-state index is 9.39. The van der Waals surface area contributed by atoms with Crippen molar-refractivity contribution in [2.24, 2.45) is 0 Å². The minimum atomic E-state index is 0.205. The standard InChI is InChI=1S/C17H26N4O3/c1-3-4-7-24-12-21-9-13(8-20-6-5-14(20)10-22)15-16(21)17(23-2)19-11-18-15/h9,11,14,22H,3-8,10,12H2,1-2H3. The molecule has 1 saturated heterocycles. The molecule has 1 unspecified atom stereocenters. The molecular formula is C17H26N4O3. The zero-order chi connectivity index (χ0) is 16.9. The van der Waals surface area contributed by atoms with Gasteiger partial charge in [0.05, 0.1) is 13.7 Å². The van der Waals surface area contributed by atoms with Gasteiger partial charge in [-0.1, -0.05) is 13.3 Å². The molecule has 3 heterocycles. The molecule has 2 aromatic rings. The second-order valence-corrected chi connectivity index (χ2v) is 6.19. The highest BCUT2D eigenvalue weighted by Gasteiger charge is 2.28. The van der Waals surface area contributed by atoms with Crippen LogP contribution in [-0.2, 0) is 18.0 Å². The lowest BCUT2D eigenvalue weighted by atomic mass is 10.0. The molecule has 1 aliphatic rings. The quantitative estimate of drug-likeness (QED) is 0.705. The summed E-state index contributed by atoms with van der Waals surface area (Å²) in [6.45, 7) is 5.33. The summed E-state index contributed by atoms with van der Waals surface area (Å²) in [7, 11) is 1.62. The van der Waals surface area contributed by atoms with Gasteiger partial charge >= 0.3 is 0 Å². The van der Waals surface area contributed by atoms with Crippen LogP contribution in [0.3, 0.4) is 0 Å². The molecule has 7 nitrogen and oxygen atoms in total. The molecule has 0 bridgehead atoms. The van der Waals surface area contributed by atoms with E-state index in [1.165, 1.54) is 6.33 Å². The summed E-state index contributed by atoms with van der Waals surface area (Å²) in [4.78, 5) is 11.0. The molecule has 0 aromatic carbocycles. The number of aliphatic hydroxyl groups is 1. The molecule has 3 rings (SSSR count). The maximum atomic E-state index is 9.39. The molecule has 1 aliphatic heterocycles. The van der Waals surface area contributed by atoms with Crippen LogP contribution in [0.2, 0.25) is 0 Å². The Kier molecular flexibility index (Phi) is 5.65. The lowest BCUT2D eigenvalue weighted by Gasteiger charge is -2.39. The molecule has 1 atom stereocenters. The molecule has 0 radical (unpaired) electrons. The zero-order valence-electron chi connectivity index (χ0n) is 14.4. The third-order valence-corrected chi connectivity index (χ3v) is 4.61. The van der Waals surface area contributed by atoms with E-state index in [0.29, 0.717) is 12.6 Å². The number of hydrogen-bond donors (Lipinski definition) is 1. The van der Waals surface area contributed by atoms with Crippen LogP contribution in [0.25, 0.3) is 11.0 Å². The van der Waals surface area contributed by atoms with Crippen molar-refractivity contribution in [1.29, 1.82) is 0 Å². The van der Waals surface area contributed by atoms with Gasteiger partial charge in [0.15, 0.2) is 0 Å². The SMILES string of the molecule is CCCCOCn1cc(CN2CCC2CO)c2ncnc(OC)c21. The third kappa shape index (κ3) is 3.38. The van der Waals surface area contributed by atoms with Crippen LogP contribution in [0, 0.1) is 0 Å². The van der Waals surface area contributed by atoms with Crippen LogP contribution >= 0.6 is 0 Å². The first-order valence-electron chi connectivity index (χ1n) is 8.57. The Bertz CT molecular complexity index is 671. The molecular weight excluding hydrogens is 308 g/mol. The van der Waals surface area contributed by atoms with Crippen molar-refractivity contribution < 1.29 is 14.6 Å². The fourth-order valence-corrected chi connectivity index (χ4v) is 3.07. The summed E-state index contributed by atoms with van der Waals surface area (Å²) >= 11 is 0. The highest BCUT2D eigenvalue weighted by Crippen LogP contribution is 2.29. The summed E-state index contributed by atoms with van der Waals surface area (Å²) < 4.78 is 13.2. The minimum Gasteiger partial charge on any atom is -0.479 e. The van der Waals surface area contributed by atoms with Crippen LogP contribution in [0.5, 0.6) is 5.88 Å². The summed E-state index contributed by atoms with van der Waals surface area (Å²) in [6, 6.07) is 0.257. The van der Waals surface area contributed by atoms with Gasteiger partial charge in [0.1, 0.15) is 24.1 Å². The Morgan fingerprint density at radius 3 is 2.92 bits per heavy atom. The highest BCUT2D eigenvalue weighted by atomic mass is 16.5. The van der Waals surface area contributed by atoms with Gasteiger partial charge in [0.2, 0.25) is 5.88 Å². The summed E-state index contributed by atoms with van der Waals surface area (Å²) in [6.07, 6.45) is 6.81. The van der Waals surface area contributed by atoms with Crippen molar-refractivity contribution in [2.45, 2.75) is 45.5 Å². The number of ether oxygens (including phenoxy) is 2. The lowest BCUT2D eigenvalue weighted by Crippen LogP contribution is -2.48. The first-order chi connectivity index (χ1) is 11.8. The molecule has 0 aliphatic carbocycles. The third-order valence-electron chi connectivity index (χ3n) is 4.61. The van der Waals surface area contributed by atoms with Crippen LogP contribution in [-0.4, -0.2) is 57.5 Å². The number of nitrogens with zero attached hydrogens (tertiary/aromatic N) is 4. The van der Waals surface area contributed by atoms with Crippen molar-refractivity contribution in [2.75, 3.05) is 26.9 Å². The van der Waals surface area contributed by atoms with Crippen molar-refractivity contribution in [3.8, 4) is 5.88 Å². The van der Waals surface area contributed by atoms with Gasteiger partial charge in [-0.25, -0.2) is 4.98 Å². The first-order valence-corrected chi connectivity index (χ1v) is 8.57. The lowest BCUT2D eigenvalue weighted by molar-refractivity contribution is 0.0357. The molecule has 2 aromatic heterocycles. The number of aliphatic hydroxyl groups excluding tert-OH is 1. The second kappa shape index (κ2) is 7.92. The Hall–Kier alpha value is -1.70. The zero-order valence-corrected chi connectivity index (χ0v) is 14.4.